The standard InChI is InChI=1S/C33H46ClN5O4/c34-27-7-6-26(22-28(27)39-15-10-29(40)35-32(39)43)31(42)37-16-13-33(14-17-37)11-8-24(9-12-33)23-36-18-20-38(21-19-36)30(41)25-4-2-1-3-5-25/h6-7,22,24-25H,1-5,8-21,23H2,(H,35,40,43). The quantitative estimate of drug-likeness (QED) is 0.510. The smallest absolute Gasteiger partial charge is 0.328 e. The largest absolute Gasteiger partial charge is 0.340 e. The van der Waals surface area contributed by atoms with Gasteiger partial charge >= 0.3 is 6.03 Å². The summed E-state index contributed by atoms with van der Waals surface area (Å²) in [6, 6.07) is 4.56. The van der Waals surface area contributed by atoms with Gasteiger partial charge in [-0.05, 0) is 80.9 Å². The maximum absolute atomic E-state index is 13.5. The molecule has 2 aliphatic carbocycles. The lowest BCUT2D eigenvalue weighted by atomic mass is 9.65. The molecule has 0 atom stereocenters. The maximum atomic E-state index is 13.5. The fraction of sp³-hybridized carbons (Fsp3) is 0.697. The van der Waals surface area contributed by atoms with Crippen LogP contribution in [0.15, 0.2) is 18.2 Å². The Kier molecular flexibility index (Phi) is 9.29. The van der Waals surface area contributed by atoms with Crippen LogP contribution in [-0.2, 0) is 9.59 Å². The van der Waals surface area contributed by atoms with Gasteiger partial charge in [0, 0.05) is 70.3 Å². The van der Waals surface area contributed by atoms with Gasteiger partial charge in [-0.15, -0.1) is 0 Å². The van der Waals surface area contributed by atoms with Crippen LogP contribution in [0.3, 0.4) is 0 Å². The molecule has 0 aromatic heterocycles. The third-order valence-electron chi connectivity index (χ3n) is 11.0. The second-order valence-corrected chi connectivity index (χ2v) is 14.0. The predicted octanol–water partition coefficient (Wildman–Crippen LogP) is 4.92. The summed E-state index contributed by atoms with van der Waals surface area (Å²) in [4.78, 5) is 58.4. The minimum absolute atomic E-state index is 0.0314. The van der Waals surface area contributed by atoms with Crippen molar-refractivity contribution < 1.29 is 19.2 Å². The van der Waals surface area contributed by atoms with Crippen molar-refractivity contribution in [2.45, 2.75) is 77.0 Å². The van der Waals surface area contributed by atoms with Gasteiger partial charge in [0.15, 0.2) is 0 Å². The number of rotatable bonds is 5. The molecule has 6 rings (SSSR count). The van der Waals surface area contributed by atoms with Crippen molar-refractivity contribution in [1.29, 1.82) is 0 Å². The van der Waals surface area contributed by atoms with Crippen molar-refractivity contribution in [3.8, 4) is 0 Å². The highest BCUT2D eigenvalue weighted by atomic mass is 35.5. The van der Waals surface area contributed by atoms with Crippen LogP contribution >= 0.6 is 11.6 Å². The number of benzene rings is 1. The first-order valence-electron chi connectivity index (χ1n) is 16.5. The Bertz CT molecular complexity index is 1210. The van der Waals surface area contributed by atoms with Crippen LogP contribution in [-0.4, -0.2) is 90.8 Å². The summed E-state index contributed by atoms with van der Waals surface area (Å²) in [6.07, 6.45) is 13.1. The van der Waals surface area contributed by atoms with E-state index in [1.54, 1.807) is 18.2 Å². The molecule has 1 spiro atoms. The third-order valence-corrected chi connectivity index (χ3v) is 11.3. The minimum Gasteiger partial charge on any atom is -0.340 e. The monoisotopic (exact) mass is 611 g/mol. The number of nitrogens with one attached hydrogen (secondary N) is 1. The van der Waals surface area contributed by atoms with E-state index in [4.69, 9.17) is 11.6 Å². The zero-order valence-electron chi connectivity index (χ0n) is 25.3. The second-order valence-electron chi connectivity index (χ2n) is 13.6. The van der Waals surface area contributed by atoms with Crippen LogP contribution in [0.5, 0.6) is 0 Å². The molecule has 43 heavy (non-hydrogen) atoms. The van der Waals surface area contributed by atoms with Crippen molar-refractivity contribution in [2.24, 2.45) is 17.3 Å². The number of urea groups is 1. The lowest BCUT2D eigenvalue weighted by Gasteiger charge is -2.47. The SMILES string of the molecule is O=C1CCN(c2cc(C(=O)N3CCC4(CCC(CN5CCN(C(=O)C6CCCCC6)CC5)CC4)CC3)ccc2Cl)C(=O)N1. The summed E-state index contributed by atoms with van der Waals surface area (Å²) in [6.45, 7) is 6.66. The highest BCUT2D eigenvalue weighted by molar-refractivity contribution is 6.34. The highest BCUT2D eigenvalue weighted by Gasteiger charge is 2.40. The van der Waals surface area contributed by atoms with Crippen molar-refractivity contribution in [2.75, 3.05) is 57.3 Å². The molecule has 0 radical (unpaired) electrons. The number of imide groups is 1. The van der Waals surface area contributed by atoms with E-state index in [-0.39, 0.29) is 30.7 Å². The first-order chi connectivity index (χ1) is 20.8. The Morgan fingerprint density at radius 3 is 2.21 bits per heavy atom. The number of hydrogen-bond acceptors (Lipinski definition) is 5. The molecule has 1 N–H and O–H groups in total. The normalized spacial score (nSPS) is 24.3. The zero-order chi connectivity index (χ0) is 30.0. The number of carbonyl (C=O) groups is 4. The summed E-state index contributed by atoms with van der Waals surface area (Å²) in [7, 11) is 0. The Balaban J connectivity index is 0.952. The lowest BCUT2D eigenvalue weighted by molar-refractivity contribution is -0.138. The molecule has 3 aliphatic heterocycles. The molecule has 10 heteroatoms. The number of halogens is 1. The van der Waals surface area contributed by atoms with Crippen molar-refractivity contribution in [3.05, 3.63) is 28.8 Å². The van der Waals surface area contributed by atoms with E-state index in [1.807, 2.05) is 4.90 Å². The summed E-state index contributed by atoms with van der Waals surface area (Å²) in [5.74, 6) is 1.07. The maximum Gasteiger partial charge on any atom is 0.328 e. The van der Waals surface area contributed by atoms with Gasteiger partial charge in [-0.25, -0.2) is 4.79 Å². The number of carbonyl (C=O) groups excluding carboxylic acids is 4. The first-order valence-corrected chi connectivity index (χ1v) is 16.9. The molecule has 3 heterocycles. The molecule has 0 bridgehead atoms. The highest BCUT2D eigenvalue weighted by Crippen LogP contribution is 2.46. The number of nitrogens with zero attached hydrogens (tertiary/aromatic N) is 4. The first kappa shape index (κ1) is 30.4. The number of piperidine rings is 1. The van der Waals surface area contributed by atoms with Gasteiger partial charge in [0.1, 0.15) is 0 Å². The van der Waals surface area contributed by atoms with Gasteiger partial charge in [-0.1, -0.05) is 30.9 Å². The average molecular weight is 612 g/mol. The van der Waals surface area contributed by atoms with Crippen LogP contribution in [0.25, 0.3) is 0 Å². The van der Waals surface area contributed by atoms with Gasteiger partial charge in [0.05, 0.1) is 10.7 Å². The molecule has 0 unspecified atom stereocenters. The van der Waals surface area contributed by atoms with E-state index in [9.17, 15) is 19.2 Å². The molecule has 234 valence electrons. The predicted molar refractivity (Wildman–Crippen MR) is 166 cm³/mol. The second kappa shape index (κ2) is 13.1. The fourth-order valence-corrected chi connectivity index (χ4v) is 8.33. The summed E-state index contributed by atoms with van der Waals surface area (Å²) in [5.41, 5.74) is 1.31. The topological polar surface area (TPSA) is 93.3 Å². The lowest BCUT2D eigenvalue weighted by Crippen LogP contribution is -2.51. The summed E-state index contributed by atoms with van der Waals surface area (Å²) in [5, 5.41) is 2.70. The molecule has 1 aromatic carbocycles. The number of likely N-dealkylation sites (tertiary alicyclic amines) is 1. The number of amides is 5. The molecule has 1 aromatic rings. The molecule has 5 amide bonds. The van der Waals surface area contributed by atoms with Crippen LogP contribution in [0.2, 0.25) is 5.02 Å². The minimum atomic E-state index is -0.509. The number of anilines is 1. The fourth-order valence-electron chi connectivity index (χ4n) is 8.11. The molecule has 9 nitrogen and oxygen atoms in total. The van der Waals surface area contributed by atoms with Gasteiger partial charge in [0.2, 0.25) is 11.8 Å². The summed E-state index contributed by atoms with van der Waals surface area (Å²) >= 11 is 6.39. The van der Waals surface area contributed by atoms with Gasteiger partial charge < -0.3 is 9.80 Å². The molecule has 2 saturated carbocycles. The van der Waals surface area contributed by atoms with E-state index >= 15 is 0 Å². The van der Waals surface area contributed by atoms with Crippen LogP contribution < -0.4 is 10.2 Å². The van der Waals surface area contributed by atoms with Crippen LogP contribution in [0.1, 0.15) is 87.4 Å². The van der Waals surface area contributed by atoms with Crippen molar-refractivity contribution >= 4 is 41.0 Å². The molecule has 5 fully saturated rings. The average Bonchev–Trinajstić information content (AvgIpc) is 3.03. The van der Waals surface area contributed by atoms with E-state index in [2.05, 4.69) is 15.1 Å². The Morgan fingerprint density at radius 1 is 0.837 bits per heavy atom. The molecular formula is C33H46ClN5O4. The van der Waals surface area contributed by atoms with Crippen LogP contribution in [0, 0.1) is 17.3 Å². The molecular weight excluding hydrogens is 566 g/mol. The third kappa shape index (κ3) is 6.88. The summed E-state index contributed by atoms with van der Waals surface area (Å²) < 4.78 is 0. The van der Waals surface area contributed by atoms with E-state index in [0.717, 1.165) is 77.4 Å². The van der Waals surface area contributed by atoms with E-state index in [1.165, 1.54) is 49.8 Å². The Hall–Kier alpha value is -2.65. The number of hydrogen-bond donors (Lipinski definition) is 1. The number of piperazine rings is 1. The zero-order valence-corrected chi connectivity index (χ0v) is 26.1. The van der Waals surface area contributed by atoms with Crippen molar-refractivity contribution in [1.82, 2.24) is 20.0 Å². The van der Waals surface area contributed by atoms with Crippen LogP contribution in [0.4, 0.5) is 10.5 Å². The van der Waals surface area contributed by atoms with Gasteiger partial charge in [-0.3, -0.25) is 29.5 Å². The van der Waals surface area contributed by atoms with E-state index in [0.29, 0.717) is 27.6 Å². The van der Waals surface area contributed by atoms with E-state index < -0.39 is 6.03 Å². The Labute approximate surface area is 260 Å². The van der Waals surface area contributed by atoms with Gasteiger partial charge in [-0.2, -0.15) is 0 Å². The Morgan fingerprint density at radius 2 is 1.53 bits per heavy atom. The molecule has 5 aliphatic rings. The van der Waals surface area contributed by atoms with Gasteiger partial charge in [0.25, 0.3) is 5.91 Å². The molecule has 3 saturated heterocycles. The van der Waals surface area contributed by atoms with Crippen molar-refractivity contribution in [3.63, 3.8) is 0 Å².